The van der Waals surface area contributed by atoms with Crippen molar-refractivity contribution in [1.29, 1.82) is 0 Å². The molecule has 2 radical (unpaired) electrons. The van der Waals surface area contributed by atoms with E-state index in [4.69, 9.17) is 7.85 Å². The zero-order valence-electron chi connectivity index (χ0n) is 6.08. The van der Waals surface area contributed by atoms with E-state index < -0.39 is 0 Å². The van der Waals surface area contributed by atoms with Crippen molar-refractivity contribution in [2.24, 2.45) is 0 Å². The predicted molar refractivity (Wildman–Crippen MR) is 60.7 cm³/mol. The minimum atomic E-state index is 0.870. The van der Waals surface area contributed by atoms with Crippen molar-refractivity contribution in [3.63, 3.8) is 0 Å². The van der Waals surface area contributed by atoms with Crippen molar-refractivity contribution >= 4 is 51.2 Å². The molecular weight excluding hydrogens is 251 g/mol. The van der Waals surface area contributed by atoms with Crippen LogP contribution in [0.2, 0.25) is 0 Å². The highest BCUT2D eigenvalue weighted by Gasteiger charge is 2.02. The van der Waals surface area contributed by atoms with Crippen LogP contribution in [0.15, 0.2) is 28.1 Å². The first-order valence-electron chi connectivity index (χ1n) is 3.37. The molecule has 0 saturated carbocycles. The van der Waals surface area contributed by atoms with Gasteiger partial charge in [-0.15, -0.1) is 11.3 Å². The van der Waals surface area contributed by atoms with Crippen LogP contribution >= 0.6 is 38.6 Å². The van der Waals surface area contributed by atoms with E-state index in [0.717, 1.165) is 8.56 Å². The van der Waals surface area contributed by atoms with E-state index in [1.807, 2.05) is 6.07 Å². The van der Waals surface area contributed by atoms with Crippen molar-refractivity contribution in [3.8, 4) is 9.75 Å². The maximum absolute atomic E-state index is 5.63. The monoisotopic (exact) mass is 254 g/mol. The van der Waals surface area contributed by atoms with E-state index in [-0.39, 0.29) is 0 Å². The maximum atomic E-state index is 5.63. The van der Waals surface area contributed by atoms with Crippen LogP contribution in [0, 0.1) is 0 Å². The summed E-state index contributed by atoms with van der Waals surface area (Å²) in [5.41, 5.74) is 0. The molecule has 0 aromatic carbocycles. The molecule has 58 valence electrons. The van der Waals surface area contributed by atoms with Crippen LogP contribution < -0.4 is 4.78 Å². The molecule has 0 saturated heterocycles. The molecule has 2 aromatic rings. The van der Waals surface area contributed by atoms with E-state index in [1.54, 1.807) is 22.7 Å². The van der Waals surface area contributed by atoms with Gasteiger partial charge in [-0.2, -0.15) is 11.3 Å². The molecule has 2 rings (SSSR count). The molecule has 0 N–H and O–H groups in total. The van der Waals surface area contributed by atoms with Gasteiger partial charge in [0, 0.05) is 9.75 Å². The molecule has 0 atom stereocenters. The van der Waals surface area contributed by atoms with Gasteiger partial charge < -0.3 is 0 Å². The summed E-state index contributed by atoms with van der Waals surface area (Å²) in [6.07, 6.45) is 0. The van der Waals surface area contributed by atoms with E-state index in [1.165, 1.54) is 9.75 Å². The Kier molecular flexibility index (Phi) is 2.39. The summed E-state index contributed by atoms with van der Waals surface area (Å²) in [5.74, 6) is 0. The molecule has 0 aliphatic rings. The fraction of sp³-hybridized carbons (Fsp3) is 0. The van der Waals surface area contributed by atoms with Crippen molar-refractivity contribution in [3.05, 3.63) is 28.1 Å². The Hall–Kier alpha value is -0.0551. The summed E-state index contributed by atoms with van der Waals surface area (Å²) in [6, 6.07) is 8.14. The molecule has 2 aromatic heterocycles. The summed E-state index contributed by atoms with van der Waals surface area (Å²) < 4.78 is 2.03. The van der Waals surface area contributed by atoms with Crippen LogP contribution in [0.5, 0.6) is 0 Å². The number of hydrogen-bond acceptors (Lipinski definition) is 2. The molecule has 0 unspecified atom stereocenters. The van der Waals surface area contributed by atoms with Gasteiger partial charge in [-0.3, -0.25) is 0 Å². The first-order chi connectivity index (χ1) is 5.75. The second kappa shape index (κ2) is 3.36. The summed E-state index contributed by atoms with van der Waals surface area (Å²) >= 11 is 6.78. The minimum absolute atomic E-state index is 0.870. The van der Waals surface area contributed by atoms with Crippen LogP contribution in [0.1, 0.15) is 0 Å². The zero-order chi connectivity index (χ0) is 8.55. The molecular formula is C8H4BBrS2. The van der Waals surface area contributed by atoms with Gasteiger partial charge in [0.25, 0.3) is 0 Å². The third kappa shape index (κ3) is 1.65. The van der Waals surface area contributed by atoms with Crippen molar-refractivity contribution in [1.82, 2.24) is 0 Å². The first kappa shape index (κ1) is 8.54. The lowest BCUT2D eigenvalue weighted by molar-refractivity contribution is 1.92. The molecule has 0 aliphatic carbocycles. The Balaban J connectivity index is 2.43. The van der Waals surface area contributed by atoms with Crippen molar-refractivity contribution in [2.45, 2.75) is 0 Å². The fourth-order valence-corrected chi connectivity index (χ4v) is 3.18. The third-order valence-electron chi connectivity index (χ3n) is 1.44. The number of hydrogen-bond donors (Lipinski definition) is 0. The second-order valence-electron chi connectivity index (χ2n) is 2.31. The minimum Gasteiger partial charge on any atom is -0.151 e. The van der Waals surface area contributed by atoms with Crippen molar-refractivity contribution < 1.29 is 0 Å². The highest BCUT2D eigenvalue weighted by molar-refractivity contribution is 9.11. The predicted octanol–water partition coefficient (Wildman–Crippen LogP) is 3.03. The van der Waals surface area contributed by atoms with Gasteiger partial charge in [-0.1, -0.05) is 6.07 Å². The zero-order valence-corrected chi connectivity index (χ0v) is 9.30. The highest BCUT2D eigenvalue weighted by Crippen LogP contribution is 2.32. The van der Waals surface area contributed by atoms with E-state index >= 15 is 0 Å². The molecule has 2 heterocycles. The van der Waals surface area contributed by atoms with Gasteiger partial charge in [-0.25, -0.2) is 0 Å². The van der Waals surface area contributed by atoms with Gasteiger partial charge in [0.2, 0.25) is 0 Å². The number of thiophene rings is 2. The molecule has 0 bridgehead atoms. The maximum Gasteiger partial charge on any atom is 0.128 e. The normalized spacial score (nSPS) is 10.4. The first-order valence-corrected chi connectivity index (χ1v) is 5.79. The largest absolute Gasteiger partial charge is 0.151 e. The molecule has 0 fully saturated rings. The average Bonchev–Trinajstić information content (AvgIpc) is 2.58. The third-order valence-corrected chi connectivity index (χ3v) is 4.18. The molecule has 4 heteroatoms. The quantitative estimate of drug-likeness (QED) is 0.687. The van der Waals surface area contributed by atoms with Gasteiger partial charge in [0.15, 0.2) is 0 Å². The van der Waals surface area contributed by atoms with Gasteiger partial charge in [-0.05, 0) is 38.9 Å². The van der Waals surface area contributed by atoms with Crippen LogP contribution in [0.25, 0.3) is 9.75 Å². The van der Waals surface area contributed by atoms with Crippen LogP contribution in [0.4, 0.5) is 0 Å². The lowest BCUT2D eigenvalue weighted by Crippen LogP contribution is -1.88. The standard InChI is InChI=1S/C8H4BBrS2/c9-7-3-1-5(11-7)6-2-4-8(10)12-6/h1-4H. The second-order valence-corrected chi connectivity index (χ2v) is 5.88. The Morgan fingerprint density at radius 3 is 2.17 bits per heavy atom. The summed E-state index contributed by atoms with van der Waals surface area (Å²) in [5, 5.41) is 0. The van der Waals surface area contributed by atoms with Crippen molar-refractivity contribution in [2.75, 3.05) is 0 Å². The average molecular weight is 255 g/mol. The Morgan fingerprint density at radius 1 is 1.00 bits per heavy atom. The smallest absolute Gasteiger partial charge is 0.128 e. The topological polar surface area (TPSA) is 0 Å². The molecule has 0 amide bonds. The number of halogens is 1. The number of rotatable bonds is 1. The van der Waals surface area contributed by atoms with E-state index in [2.05, 4.69) is 34.1 Å². The van der Waals surface area contributed by atoms with Gasteiger partial charge in [0.1, 0.15) is 7.85 Å². The lowest BCUT2D eigenvalue weighted by Gasteiger charge is -1.86. The molecule has 12 heavy (non-hydrogen) atoms. The molecule has 0 aliphatic heterocycles. The van der Waals surface area contributed by atoms with Crippen LogP contribution in [-0.2, 0) is 0 Å². The highest BCUT2D eigenvalue weighted by atomic mass is 79.9. The fourth-order valence-electron chi connectivity index (χ4n) is 0.932. The summed E-state index contributed by atoms with van der Waals surface area (Å²) in [6.45, 7) is 0. The van der Waals surface area contributed by atoms with Crippen LogP contribution in [-0.4, -0.2) is 7.85 Å². The summed E-state index contributed by atoms with van der Waals surface area (Å²) in [7, 11) is 5.63. The Morgan fingerprint density at radius 2 is 1.67 bits per heavy atom. The van der Waals surface area contributed by atoms with E-state index in [0.29, 0.717) is 0 Å². The molecule has 0 spiro atoms. The Labute approximate surface area is 88.8 Å². The lowest BCUT2D eigenvalue weighted by atomic mass is 10.1. The Bertz CT molecular complexity index is 353. The van der Waals surface area contributed by atoms with Gasteiger partial charge in [0.05, 0.1) is 3.79 Å². The summed E-state index contributed by atoms with van der Waals surface area (Å²) in [4.78, 5) is 2.51. The van der Waals surface area contributed by atoms with E-state index in [9.17, 15) is 0 Å². The van der Waals surface area contributed by atoms with Crippen LogP contribution in [0.3, 0.4) is 0 Å². The SMILES string of the molecule is [B]c1ccc(-c2ccc(Br)s2)s1. The molecule has 0 nitrogen and oxygen atoms in total. The van der Waals surface area contributed by atoms with Gasteiger partial charge >= 0.3 is 0 Å².